The first-order valence-electron chi connectivity index (χ1n) is 5.45. The molecule has 0 aromatic heterocycles. The van der Waals surface area contributed by atoms with Crippen molar-refractivity contribution in [1.82, 2.24) is 0 Å². The van der Waals surface area contributed by atoms with E-state index in [1.807, 2.05) is 6.92 Å². The largest absolute Gasteiger partial charge is 0.478 e. The highest BCUT2D eigenvalue weighted by Crippen LogP contribution is 2.25. The second kappa shape index (κ2) is 6.98. The Hall–Kier alpha value is -1.59. The van der Waals surface area contributed by atoms with Crippen molar-refractivity contribution in [2.24, 2.45) is 0 Å². The normalized spacial score (nSPS) is 10.1. The van der Waals surface area contributed by atoms with E-state index in [0.29, 0.717) is 6.61 Å². The minimum atomic E-state index is -1.15. The quantitative estimate of drug-likeness (QED) is 0.779. The molecule has 18 heavy (non-hydrogen) atoms. The van der Waals surface area contributed by atoms with Crippen LogP contribution in [0.4, 0.5) is 5.69 Å². The number of carbonyl (C=O) groups excluding carboxylic acids is 1. The van der Waals surface area contributed by atoms with Crippen LogP contribution in [0.1, 0.15) is 23.7 Å². The van der Waals surface area contributed by atoms with Gasteiger partial charge in [0.15, 0.2) is 0 Å². The standard InChI is InChI=1S/C12H14ClNO4/c1-2-6-18-7-10(15)14-11-8(12(16)17)4-3-5-9(11)13/h3-5H,2,6-7H2,1H3,(H,14,15)(H,16,17). The summed E-state index contributed by atoms with van der Waals surface area (Å²) in [5, 5.41) is 11.6. The first-order valence-corrected chi connectivity index (χ1v) is 5.83. The first-order chi connectivity index (χ1) is 8.56. The predicted octanol–water partition coefficient (Wildman–Crippen LogP) is 2.40. The lowest BCUT2D eigenvalue weighted by molar-refractivity contribution is -0.120. The molecule has 0 spiro atoms. The molecule has 0 bridgehead atoms. The molecular formula is C12H14ClNO4. The number of aromatic carboxylic acids is 1. The molecule has 0 aliphatic heterocycles. The van der Waals surface area contributed by atoms with Crippen LogP contribution in [0.15, 0.2) is 18.2 Å². The summed E-state index contributed by atoms with van der Waals surface area (Å²) in [6.45, 7) is 2.27. The van der Waals surface area contributed by atoms with Gasteiger partial charge in [-0.05, 0) is 18.6 Å². The third-order valence-corrected chi connectivity index (χ3v) is 2.41. The van der Waals surface area contributed by atoms with Gasteiger partial charge in [0.25, 0.3) is 0 Å². The number of hydrogen-bond acceptors (Lipinski definition) is 3. The predicted molar refractivity (Wildman–Crippen MR) is 68.2 cm³/mol. The number of rotatable bonds is 6. The average Bonchev–Trinajstić information content (AvgIpc) is 2.31. The number of nitrogens with one attached hydrogen (secondary N) is 1. The number of amides is 1. The van der Waals surface area contributed by atoms with Crippen LogP contribution >= 0.6 is 11.6 Å². The Morgan fingerprint density at radius 2 is 2.17 bits per heavy atom. The van der Waals surface area contributed by atoms with Gasteiger partial charge in [0.2, 0.25) is 5.91 Å². The smallest absolute Gasteiger partial charge is 0.337 e. The number of carboxylic acids is 1. The average molecular weight is 272 g/mol. The number of para-hydroxylation sites is 1. The molecule has 1 rings (SSSR count). The third-order valence-electron chi connectivity index (χ3n) is 2.09. The molecule has 0 saturated heterocycles. The van der Waals surface area contributed by atoms with E-state index >= 15 is 0 Å². The summed E-state index contributed by atoms with van der Waals surface area (Å²) >= 11 is 5.86. The Balaban J connectivity index is 2.77. The van der Waals surface area contributed by atoms with E-state index in [9.17, 15) is 9.59 Å². The zero-order chi connectivity index (χ0) is 13.5. The van der Waals surface area contributed by atoms with Crippen molar-refractivity contribution in [2.75, 3.05) is 18.5 Å². The first kappa shape index (κ1) is 14.5. The van der Waals surface area contributed by atoms with E-state index in [2.05, 4.69) is 5.32 Å². The molecular weight excluding hydrogens is 258 g/mol. The fourth-order valence-electron chi connectivity index (χ4n) is 1.31. The zero-order valence-electron chi connectivity index (χ0n) is 9.90. The second-order valence-corrected chi connectivity index (χ2v) is 3.98. The van der Waals surface area contributed by atoms with Crippen molar-refractivity contribution < 1.29 is 19.4 Å². The number of hydrogen-bond donors (Lipinski definition) is 2. The summed E-state index contributed by atoms with van der Waals surface area (Å²) in [4.78, 5) is 22.5. The van der Waals surface area contributed by atoms with Crippen LogP contribution in [-0.4, -0.2) is 30.2 Å². The van der Waals surface area contributed by atoms with Crippen molar-refractivity contribution in [3.8, 4) is 0 Å². The number of halogens is 1. The second-order valence-electron chi connectivity index (χ2n) is 3.57. The number of carboxylic acid groups (broad SMARTS) is 1. The maximum absolute atomic E-state index is 11.5. The van der Waals surface area contributed by atoms with Gasteiger partial charge in [-0.1, -0.05) is 24.6 Å². The minimum absolute atomic E-state index is 0.0497. The minimum Gasteiger partial charge on any atom is -0.478 e. The van der Waals surface area contributed by atoms with Gasteiger partial charge in [-0.2, -0.15) is 0 Å². The molecule has 98 valence electrons. The SMILES string of the molecule is CCCOCC(=O)Nc1c(Cl)cccc1C(=O)O. The fourth-order valence-corrected chi connectivity index (χ4v) is 1.54. The molecule has 1 amide bonds. The van der Waals surface area contributed by atoms with Gasteiger partial charge >= 0.3 is 5.97 Å². The van der Waals surface area contributed by atoms with Crippen molar-refractivity contribution >= 4 is 29.2 Å². The molecule has 1 aromatic rings. The van der Waals surface area contributed by atoms with E-state index in [1.165, 1.54) is 18.2 Å². The van der Waals surface area contributed by atoms with Crippen molar-refractivity contribution in [3.05, 3.63) is 28.8 Å². The summed E-state index contributed by atoms with van der Waals surface area (Å²) in [6, 6.07) is 4.39. The molecule has 1 aromatic carbocycles. The molecule has 5 nitrogen and oxygen atoms in total. The molecule has 0 radical (unpaired) electrons. The van der Waals surface area contributed by atoms with Crippen molar-refractivity contribution in [1.29, 1.82) is 0 Å². The molecule has 0 atom stereocenters. The van der Waals surface area contributed by atoms with Gasteiger partial charge < -0.3 is 15.2 Å². The summed E-state index contributed by atoms with van der Waals surface area (Å²) < 4.78 is 5.05. The lowest BCUT2D eigenvalue weighted by Gasteiger charge is -2.10. The van der Waals surface area contributed by atoms with Gasteiger partial charge in [0, 0.05) is 6.61 Å². The Morgan fingerprint density at radius 3 is 2.78 bits per heavy atom. The van der Waals surface area contributed by atoms with Crippen molar-refractivity contribution in [3.63, 3.8) is 0 Å². The molecule has 0 aliphatic rings. The van der Waals surface area contributed by atoms with Crippen LogP contribution in [0, 0.1) is 0 Å². The Morgan fingerprint density at radius 1 is 1.44 bits per heavy atom. The zero-order valence-corrected chi connectivity index (χ0v) is 10.7. The van der Waals surface area contributed by atoms with E-state index < -0.39 is 11.9 Å². The summed E-state index contributed by atoms with van der Waals surface area (Å²) in [6.07, 6.45) is 0.805. The highest BCUT2D eigenvalue weighted by molar-refractivity contribution is 6.34. The Kier molecular flexibility index (Phi) is 5.61. The van der Waals surface area contributed by atoms with Crippen LogP contribution in [0.3, 0.4) is 0 Å². The Bertz CT molecular complexity index is 448. The molecule has 0 heterocycles. The molecule has 6 heteroatoms. The molecule has 0 aliphatic carbocycles. The molecule has 0 saturated carbocycles. The monoisotopic (exact) mass is 271 g/mol. The van der Waals surface area contributed by atoms with Gasteiger partial charge in [-0.25, -0.2) is 4.79 Å². The highest BCUT2D eigenvalue weighted by Gasteiger charge is 2.15. The van der Waals surface area contributed by atoms with Gasteiger partial charge in [0.05, 0.1) is 16.3 Å². The van der Waals surface area contributed by atoms with Crippen LogP contribution in [-0.2, 0) is 9.53 Å². The summed E-state index contributed by atoms with van der Waals surface area (Å²) in [5.41, 5.74) is 0.0445. The summed E-state index contributed by atoms with van der Waals surface area (Å²) in [7, 11) is 0. The Labute approximate surface area is 110 Å². The maximum Gasteiger partial charge on any atom is 0.337 e. The van der Waals surface area contributed by atoms with Gasteiger partial charge in [0.1, 0.15) is 6.61 Å². The number of anilines is 1. The van der Waals surface area contributed by atoms with E-state index in [1.54, 1.807) is 0 Å². The fraction of sp³-hybridized carbons (Fsp3) is 0.333. The topological polar surface area (TPSA) is 75.6 Å². The molecule has 0 unspecified atom stereocenters. The van der Waals surface area contributed by atoms with E-state index in [-0.39, 0.29) is 22.9 Å². The molecule has 0 fully saturated rings. The summed E-state index contributed by atoms with van der Waals surface area (Å²) in [5.74, 6) is -1.58. The number of ether oxygens (including phenoxy) is 1. The van der Waals surface area contributed by atoms with E-state index in [4.69, 9.17) is 21.4 Å². The van der Waals surface area contributed by atoms with Crippen LogP contribution in [0.2, 0.25) is 5.02 Å². The third kappa shape index (κ3) is 4.01. The van der Waals surface area contributed by atoms with Crippen LogP contribution in [0.25, 0.3) is 0 Å². The number of benzene rings is 1. The molecule has 2 N–H and O–H groups in total. The van der Waals surface area contributed by atoms with Crippen LogP contribution in [0.5, 0.6) is 0 Å². The van der Waals surface area contributed by atoms with Gasteiger partial charge in [-0.15, -0.1) is 0 Å². The lowest BCUT2D eigenvalue weighted by atomic mass is 10.2. The maximum atomic E-state index is 11.5. The van der Waals surface area contributed by atoms with Crippen molar-refractivity contribution in [2.45, 2.75) is 13.3 Å². The highest BCUT2D eigenvalue weighted by atomic mass is 35.5. The lowest BCUT2D eigenvalue weighted by Crippen LogP contribution is -2.20. The van der Waals surface area contributed by atoms with Crippen LogP contribution < -0.4 is 5.32 Å². The van der Waals surface area contributed by atoms with E-state index in [0.717, 1.165) is 6.42 Å². The van der Waals surface area contributed by atoms with Gasteiger partial charge in [-0.3, -0.25) is 4.79 Å². The number of carbonyl (C=O) groups is 2.